The van der Waals surface area contributed by atoms with Gasteiger partial charge in [-0.3, -0.25) is 0 Å². The Balaban J connectivity index is 1.79. The van der Waals surface area contributed by atoms with Crippen LogP contribution in [0.4, 0.5) is 0 Å². The lowest BCUT2D eigenvalue weighted by molar-refractivity contribution is 0.117. The molecule has 4 heteroatoms. The minimum Gasteiger partial charge on any atom is -0.490 e. The fourth-order valence-electron chi connectivity index (χ4n) is 2.35. The molecule has 0 radical (unpaired) electrons. The summed E-state index contributed by atoms with van der Waals surface area (Å²) < 4.78 is 17.0. The lowest BCUT2D eigenvalue weighted by Gasteiger charge is -2.15. The molecule has 1 aliphatic rings. The molecule has 0 amide bonds. The maximum atomic E-state index is 6.19. The Bertz CT molecular complexity index is 422. The highest BCUT2D eigenvalue weighted by atomic mass is 16.5. The molecule has 1 aromatic carbocycles. The fraction of sp³-hybridized carbons (Fsp3) is 0.647. The van der Waals surface area contributed by atoms with Crippen LogP contribution in [-0.2, 0) is 4.74 Å². The minimum atomic E-state index is -0.117. The molecule has 1 unspecified atom stereocenters. The van der Waals surface area contributed by atoms with E-state index in [0.29, 0.717) is 19.8 Å². The molecule has 21 heavy (non-hydrogen) atoms. The summed E-state index contributed by atoms with van der Waals surface area (Å²) in [5, 5.41) is 0. The Morgan fingerprint density at radius 3 is 2.76 bits per heavy atom. The zero-order chi connectivity index (χ0) is 14.9. The van der Waals surface area contributed by atoms with E-state index in [4.69, 9.17) is 19.9 Å². The zero-order valence-corrected chi connectivity index (χ0v) is 13.0. The molecule has 0 aliphatic carbocycles. The van der Waals surface area contributed by atoms with Gasteiger partial charge in [-0.25, -0.2) is 0 Å². The number of rotatable bonds is 8. The highest BCUT2D eigenvalue weighted by Gasteiger charge is 2.14. The molecular formula is C17H27NO3. The van der Waals surface area contributed by atoms with Gasteiger partial charge in [0, 0.05) is 13.0 Å². The van der Waals surface area contributed by atoms with Gasteiger partial charge in [-0.05, 0) is 24.1 Å². The van der Waals surface area contributed by atoms with Gasteiger partial charge >= 0.3 is 0 Å². The van der Waals surface area contributed by atoms with Crippen molar-refractivity contribution in [3.8, 4) is 11.5 Å². The summed E-state index contributed by atoms with van der Waals surface area (Å²) in [6.07, 6.45) is 5.78. The first-order valence-electron chi connectivity index (χ1n) is 8.04. The van der Waals surface area contributed by atoms with Gasteiger partial charge in [0.2, 0.25) is 0 Å². The summed E-state index contributed by atoms with van der Waals surface area (Å²) in [4.78, 5) is 0. The third-order valence-electron chi connectivity index (χ3n) is 3.64. The van der Waals surface area contributed by atoms with E-state index < -0.39 is 0 Å². The number of ether oxygens (including phenoxy) is 3. The van der Waals surface area contributed by atoms with E-state index in [1.807, 2.05) is 18.2 Å². The van der Waals surface area contributed by atoms with Crippen LogP contribution < -0.4 is 15.2 Å². The third kappa shape index (κ3) is 5.21. The summed E-state index contributed by atoms with van der Waals surface area (Å²) >= 11 is 0. The van der Waals surface area contributed by atoms with Crippen molar-refractivity contribution < 1.29 is 14.2 Å². The van der Waals surface area contributed by atoms with Crippen LogP contribution in [-0.4, -0.2) is 26.4 Å². The van der Waals surface area contributed by atoms with E-state index in [9.17, 15) is 0 Å². The number of fused-ring (bicyclic) bond motifs is 1. The molecule has 2 N–H and O–H groups in total. The summed E-state index contributed by atoms with van der Waals surface area (Å²) in [5.41, 5.74) is 7.22. The first-order valence-corrected chi connectivity index (χ1v) is 8.04. The second kappa shape index (κ2) is 8.90. The molecule has 0 saturated heterocycles. The predicted octanol–water partition coefficient (Wildman–Crippen LogP) is 3.44. The number of nitrogens with two attached hydrogens (primary N) is 1. The summed E-state index contributed by atoms with van der Waals surface area (Å²) in [7, 11) is 0. The van der Waals surface area contributed by atoms with Crippen LogP contribution in [0.3, 0.4) is 0 Å². The van der Waals surface area contributed by atoms with E-state index >= 15 is 0 Å². The molecule has 118 valence electrons. The molecule has 0 bridgehead atoms. The zero-order valence-electron chi connectivity index (χ0n) is 13.0. The third-order valence-corrected chi connectivity index (χ3v) is 3.64. The van der Waals surface area contributed by atoms with Crippen LogP contribution >= 0.6 is 0 Å². The Morgan fingerprint density at radius 1 is 1.14 bits per heavy atom. The molecule has 1 atom stereocenters. The van der Waals surface area contributed by atoms with Gasteiger partial charge in [0.25, 0.3) is 0 Å². The summed E-state index contributed by atoms with van der Waals surface area (Å²) in [5.74, 6) is 1.60. The van der Waals surface area contributed by atoms with Gasteiger partial charge in [-0.2, -0.15) is 0 Å². The topological polar surface area (TPSA) is 53.7 Å². The van der Waals surface area contributed by atoms with Crippen LogP contribution in [0.5, 0.6) is 11.5 Å². The summed E-state index contributed by atoms with van der Waals surface area (Å²) in [6.45, 7) is 4.95. The Labute approximate surface area is 127 Å². The number of hydrogen-bond donors (Lipinski definition) is 1. The average Bonchev–Trinajstić information content (AvgIpc) is 2.75. The Hall–Kier alpha value is -1.26. The van der Waals surface area contributed by atoms with E-state index in [2.05, 4.69) is 6.92 Å². The second-order valence-corrected chi connectivity index (χ2v) is 5.50. The molecule has 4 nitrogen and oxygen atoms in total. The molecule has 0 aromatic heterocycles. The van der Waals surface area contributed by atoms with Crippen molar-refractivity contribution in [1.82, 2.24) is 0 Å². The summed E-state index contributed by atoms with van der Waals surface area (Å²) in [6, 6.07) is 5.80. The van der Waals surface area contributed by atoms with Crippen molar-refractivity contribution in [1.29, 1.82) is 0 Å². The smallest absolute Gasteiger partial charge is 0.161 e. The minimum absolute atomic E-state index is 0.117. The largest absolute Gasteiger partial charge is 0.490 e. The van der Waals surface area contributed by atoms with Crippen LogP contribution in [0.15, 0.2) is 18.2 Å². The van der Waals surface area contributed by atoms with Gasteiger partial charge in [0.05, 0.1) is 25.9 Å². The van der Waals surface area contributed by atoms with Gasteiger partial charge in [-0.1, -0.05) is 32.3 Å². The maximum Gasteiger partial charge on any atom is 0.161 e. The molecule has 1 heterocycles. The lowest BCUT2D eigenvalue weighted by Crippen LogP contribution is -2.17. The normalized spacial score (nSPS) is 15.5. The predicted molar refractivity (Wildman–Crippen MR) is 83.9 cm³/mol. The first kappa shape index (κ1) is 16.1. The second-order valence-electron chi connectivity index (χ2n) is 5.50. The van der Waals surface area contributed by atoms with E-state index in [-0.39, 0.29) is 6.04 Å². The van der Waals surface area contributed by atoms with Gasteiger partial charge < -0.3 is 19.9 Å². The molecule has 0 spiro atoms. The molecule has 1 aliphatic heterocycles. The lowest BCUT2D eigenvalue weighted by atomic mass is 10.1. The van der Waals surface area contributed by atoms with Gasteiger partial charge in [0.1, 0.15) is 0 Å². The van der Waals surface area contributed by atoms with Crippen LogP contribution in [0.2, 0.25) is 0 Å². The number of unbranched alkanes of at least 4 members (excludes halogenated alkanes) is 3. The molecule has 2 rings (SSSR count). The van der Waals surface area contributed by atoms with E-state index in [1.54, 1.807) is 0 Å². The Kier molecular flexibility index (Phi) is 6.83. The average molecular weight is 293 g/mol. The van der Waals surface area contributed by atoms with Crippen molar-refractivity contribution in [2.45, 2.75) is 45.1 Å². The molecule has 0 saturated carbocycles. The van der Waals surface area contributed by atoms with Crippen LogP contribution in [0.25, 0.3) is 0 Å². The van der Waals surface area contributed by atoms with E-state index in [1.165, 1.54) is 19.3 Å². The number of hydrogen-bond acceptors (Lipinski definition) is 4. The standard InChI is InChI=1S/C17H27NO3/c1-2-3-4-5-9-19-13-15(18)14-7-8-16-17(12-14)21-11-6-10-20-16/h7-8,12,15H,2-6,9-11,13,18H2,1H3. The van der Waals surface area contributed by atoms with Crippen molar-refractivity contribution >= 4 is 0 Å². The van der Waals surface area contributed by atoms with Gasteiger partial charge in [0.15, 0.2) is 11.5 Å². The quantitative estimate of drug-likeness (QED) is 0.746. The van der Waals surface area contributed by atoms with Crippen molar-refractivity contribution in [2.75, 3.05) is 26.4 Å². The van der Waals surface area contributed by atoms with Gasteiger partial charge in [-0.15, -0.1) is 0 Å². The van der Waals surface area contributed by atoms with Crippen LogP contribution in [0, 0.1) is 0 Å². The maximum absolute atomic E-state index is 6.19. The molecule has 0 fully saturated rings. The first-order chi connectivity index (χ1) is 10.3. The Morgan fingerprint density at radius 2 is 1.95 bits per heavy atom. The SMILES string of the molecule is CCCCCCOCC(N)c1ccc2c(c1)OCCCO2. The number of benzene rings is 1. The highest BCUT2D eigenvalue weighted by molar-refractivity contribution is 5.44. The van der Waals surface area contributed by atoms with Crippen molar-refractivity contribution in [3.63, 3.8) is 0 Å². The highest BCUT2D eigenvalue weighted by Crippen LogP contribution is 2.31. The van der Waals surface area contributed by atoms with Crippen LogP contribution in [0.1, 0.15) is 50.6 Å². The van der Waals surface area contributed by atoms with Crippen molar-refractivity contribution in [2.24, 2.45) is 5.73 Å². The molecular weight excluding hydrogens is 266 g/mol. The monoisotopic (exact) mass is 293 g/mol. The van der Waals surface area contributed by atoms with E-state index in [0.717, 1.165) is 36.5 Å². The fourth-order valence-corrected chi connectivity index (χ4v) is 2.35. The molecule has 1 aromatic rings. The van der Waals surface area contributed by atoms with Crippen molar-refractivity contribution in [3.05, 3.63) is 23.8 Å².